The molecule has 0 aliphatic carbocycles. The van der Waals surface area contributed by atoms with Crippen molar-refractivity contribution in [3.05, 3.63) is 127 Å². The van der Waals surface area contributed by atoms with E-state index in [1.165, 1.54) is 48.9 Å². The van der Waals surface area contributed by atoms with E-state index in [-0.39, 0.29) is 0 Å². The van der Waals surface area contributed by atoms with Crippen LogP contribution in [-0.2, 0) is 0 Å². The maximum Gasteiger partial charge on any atom is 0.124 e. The maximum absolute atomic E-state index is 2.42. The fourth-order valence-corrected chi connectivity index (χ4v) is 6.62. The molecule has 4 aromatic heterocycles. The van der Waals surface area contributed by atoms with Crippen molar-refractivity contribution >= 4 is 49.1 Å². The molecule has 8 rings (SSSR count). The smallest absolute Gasteiger partial charge is 0.124 e. The normalized spacial score (nSPS) is 11.9. The van der Waals surface area contributed by atoms with Crippen LogP contribution in [0, 0.1) is 0 Å². The van der Waals surface area contributed by atoms with Crippen molar-refractivity contribution in [2.75, 3.05) is 0 Å². The van der Waals surface area contributed by atoms with E-state index in [0.29, 0.717) is 0 Å². The SMILES string of the molecule is c1ccc(-c2csc3c2cc2n(-c4cccc(-n5ccc6ccccc65)c4)c4ccccc4n32)cc1. The molecule has 0 radical (unpaired) electrons. The highest BCUT2D eigenvalue weighted by Gasteiger charge is 2.19. The summed E-state index contributed by atoms with van der Waals surface area (Å²) in [5, 5.41) is 4.83. The number of benzene rings is 4. The summed E-state index contributed by atoms with van der Waals surface area (Å²) in [4.78, 5) is 1.28. The van der Waals surface area contributed by atoms with E-state index in [1.54, 1.807) is 0 Å². The Morgan fingerprint density at radius 2 is 1.33 bits per heavy atom. The maximum atomic E-state index is 2.42. The predicted molar refractivity (Wildman–Crippen MR) is 152 cm³/mol. The van der Waals surface area contributed by atoms with Gasteiger partial charge >= 0.3 is 0 Å². The first-order valence-electron chi connectivity index (χ1n) is 12.1. The third-order valence-corrected chi connectivity index (χ3v) is 8.14. The average Bonchev–Trinajstić information content (AvgIpc) is 3.68. The fourth-order valence-electron chi connectivity index (χ4n) is 5.53. The minimum Gasteiger partial charge on any atom is -0.316 e. The predicted octanol–water partition coefficient (Wildman–Crippen LogP) is 8.71. The largest absolute Gasteiger partial charge is 0.316 e. The highest BCUT2D eigenvalue weighted by atomic mass is 32.1. The van der Waals surface area contributed by atoms with Crippen LogP contribution in [0.25, 0.3) is 60.3 Å². The van der Waals surface area contributed by atoms with E-state index >= 15 is 0 Å². The summed E-state index contributed by atoms with van der Waals surface area (Å²) in [5.74, 6) is 0. The summed E-state index contributed by atoms with van der Waals surface area (Å²) in [6.07, 6.45) is 2.16. The van der Waals surface area contributed by atoms with E-state index in [1.807, 2.05) is 11.3 Å². The average molecular weight is 480 g/mol. The molecule has 0 aliphatic heterocycles. The molecule has 0 spiro atoms. The van der Waals surface area contributed by atoms with Crippen molar-refractivity contribution in [3.63, 3.8) is 0 Å². The molecule has 0 saturated heterocycles. The van der Waals surface area contributed by atoms with Crippen LogP contribution in [0.2, 0.25) is 0 Å². The summed E-state index contributed by atoms with van der Waals surface area (Å²) in [7, 11) is 0. The van der Waals surface area contributed by atoms with Gasteiger partial charge in [0.15, 0.2) is 0 Å². The molecule has 0 fully saturated rings. The van der Waals surface area contributed by atoms with E-state index in [9.17, 15) is 0 Å². The highest BCUT2D eigenvalue weighted by molar-refractivity contribution is 7.17. The lowest BCUT2D eigenvalue weighted by molar-refractivity contribution is 1.10. The van der Waals surface area contributed by atoms with Gasteiger partial charge in [-0.3, -0.25) is 8.97 Å². The van der Waals surface area contributed by atoms with Crippen LogP contribution < -0.4 is 0 Å². The zero-order chi connectivity index (χ0) is 23.6. The lowest BCUT2D eigenvalue weighted by Crippen LogP contribution is -1.97. The Labute approximate surface area is 211 Å². The van der Waals surface area contributed by atoms with Gasteiger partial charge in [-0.1, -0.05) is 66.7 Å². The van der Waals surface area contributed by atoms with Crippen LogP contribution in [-0.4, -0.2) is 13.5 Å². The second kappa shape index (κ2) is 7.48. The monoisotopic (exact) mass is 479 g/mol. The van der Waals surface area contributed by atoms with Gasteiger partial charge in [-0.25, -0.2) is 0 Å². The second-order valence-electron chi connectivity index (χ2n) is 9.16. The fraction of sp³-hybridized carbons (Fsp3) is 0. The van der Waals surface area contributed by atoms with Gasteiger partial charge in [0.2, 0.25) is 0 Å². The molecule has 8 aromatic rings. The Morgan fingerprint density at radius 3 is 2.22 bits per heavy atom. The van der Waals surface area contributed by atoms with Gasteiger partial charge in [0.05, 0.1) is 16.6 Å². The van der Waals surface area contributed by atoms with Crippen LogP contribution >= 0.6 is 11.3 Å². The number of fused-ring (bicyclic) bond motifs is 6. The Bertz CT molecular complexity index is 2050. The molecule has 0 N–H and O–H groups in total. The molecule has 36 heavy (non-hydrogen) atoms. The van der Waals surface area contributed by atoms with Crippen LogP contribution in [0.4, 0.5) is 0 Å². The number of rotatable bonds is 3. The molecule has 0 bridgehead atoms. The summed E-state index contributed by atoms with van der Waals surface area (Å²) in [6.45, 7) is 0. The van der Waals surface area contributed by atoms with Crippen LogP contribution in [0.15, 0.2) is 127 Å². The number of thiophene rings is 1. The second-order valence-corrected chi connectivity index (χ2v) is 10.0. The van der Waals surface area contributed by atoms with Crippen molar-refractivity contribution in [1.29, 1.82) is 0 Å². The molecule has 4 heteroatoms. The number of para-hydroxylation sites is 3. The molecular formula is C32H21N3S. The van der Waals surface area contributed by atoms with E-state index in [0.717, 1.165) is 11.4 Å². The molecule has 4 heterocycles. The zero-order valence-corrected chi connectivity index (χ0v) is 20.2. The van der Waals surface area contributed by atoms with Crippen LogP contribution in [0.5, 0.6) is 0 Å². The molecule has 0 aliphatic rings. The van der Waals surface area contributed by atoms with Crippen LogP contribution in [0.3, 0.4) is 0 Å². The molecular weight excluding hydrogens is 458 g/mol. The van der Waals surface area contributed by atoms with Crippen molar-refractivity contribution in [1.82, 2.24) is 13.5 Å². The number of hydrogen-bond donors (Lipinski definition) is 0. The lowest BCUT2D eigenvalue weighted by atomic mass is 10.1. The number of nitrogens with zero attached hydrogens (tertiary/aromatic N) is 3. The van der Waals surface area contributed by atoms with Gasteiger partial charge in [0.25, 0.3) is 0 Å². The van der Waals surface area contributed by atoms with E-state index < -0.39 is 0 Å². The zero-order valence-electron chi connectivity index (χ0n) is 19.4. The van der Waals surface area contributed by atoms with Gasteiger partial charge in [0, 0.05) is 33.9 Å². The third-order valence-electron chi connectivity index (χ3n) is 7.16. The van der Waals surface area contributed by atoms with E-state index in [4.69, 9.17) is 0 Å². The van der Waals surface area contributed by atoms with Gasteiger partial charge < -0.3 is 4.57 Å². The first-order valence-corrected chi connectivity index (χ1v) is 13.0. The van der Waals surface area contributed by atoms with Gasteiger partial charge in [-0.15, -0.1) is 11.3 Å². The van der Waals surface area contributed by atoms with Crippen molar-refractivity contribution in [2.24, 2.45) is 0 Å². The summed E-state index contributed by atoms with van der Waals surface area (Å²) in [6, 6.07) is 41.3. The molecule has 0 amide bonds. The Morgan fingerprint density at radius 1 is 0.583 bits per heavy atom. The molecule has 0 saturated carbocycles. The van der Waals surface area contributed by atoms with Crippen LogP contribution in [0.1, 0.15) is 0 Å². The Balaban J connectivity index is 1.40. The topological polar surface area (TPSA) is 14.3 Å². The standard InChI is InChI=1S/C32H21N3S/c1-2-9-22(10-3-1)27-21-36-32-26(27)20-31-34(29-15-6-7-16-30(29)35(31)32)25-13-8-12-24(19-25)33-18-17-23-11-4-5-14-28(23)33/h1-21H. The number of hydrogen-bond acceptors (Lipinski definition) is 1. The van der Waals surface area contributed by atoms with Crippen molar-refractivity contribution in [3.8, 4) is 22.5 Å². The number of imidazole rings is 1. The summed E-state index contributed by atoms with van der Waals surface area (Å²) >= 11 is 1.82. The summed E-state index contributed by atoms with van der Waals surface area (Å²) < 4.78 is 7.08. The van der Waals surface area contributed by atoms with Crippen molar-refractivity contribution in [2.45, 2.75) is 0 Å². The lowest BCUT2D eigenvalue weighted by Gasteiger charge is -2.10. The quantitative estimate of drug-likeness (QED) is 0.241. The van der Waals surface area contributed by atoms with E-state index in [2.05, 4.69) is 140 Å². The molecule has 3 nitrogen and oxygen atoms in total. The molecule has 0 atom stereocenters. The summed E-state index contributed by atoms with van der Waals surface area (Å²) in [5.41, 5.74) is 9.69. The Hall–Kier alpha value is -4.54. The van der Waals surface area contributed by atoms with Gasteiger partial charge in [-0.05, 0) is 59.5 Å². The van der Waals surface area contributed by atoms with Gasteiger partial charge in [-0.2, -0.15) is 0 Å². The molecule has 4 aromatic carbocycles. The first kappa shape index (κ1) is 19.7. The van der Waals surface area contributed by atoms with Crippen molar-refractivity contribution < 1.29 is 0 Å². The minimum absolute atomic E-state index is 1.16. The molecule has 0 unspecified atom stereocenters. The number of aromatic nitrogens is 3. The Kier molecular flexibility index (Phi) is 4.10. The third kappa shape index (κ3) is 2.73. The molecule has 170 valence electrons. The first-order chi connectivity index (χ1) is 17.9. The highest BCUT2D eigenvalue weighted by Crippen LogP contribution is 2.39. The van der Waals surface area contributed by atoms with Gasteiger partial charge in [0.1, 0.15) is 10.5 Å². The minimum atomic E-state index is 1.16.